The van der Waals surface area contributed by atoms with Crippen LogP contribution in [0.1, 0.15) is 121 Å². The van der Waals surface area contributed by atoms with Gasteiger partial charge < -0.3 is 78.6 Å². The van der Waals surface area contributed by atoms with Crippen molar-refractivity contribution >= 4 is 101 Å². The Bertz CT molecular complexity index is 3030. The molecule has 6 rings (SSSR count). The highest BCUT2D eigenvalue weighted by molar-refractivity contribution is 7.99. The fraction of sp³-hybridized carbons (Fsp3) is 0.594. The molecule has 3 aliphatic heterocycles. The third-order valence-electron chi connectivity index (χ3n) is 15.9. The number of H-pyrrole nitrogens is 1. The standard InChI is InChI=1S/C64H94N14O13S3/c1-38(2)25-48-59(84)72-49(29-40-15-17-44(79)18-16-40)60(85)71-46(13-8-9-20-65)58(83)77-55(39(3)4)63(88)74-50(30-43-31-67-37-68-43)61(86)75-51(56(66)81)35-93-33-41-26-42-28-45(27-41)90-22-10-6-7-11-23-91-69-32-54(80)70-47(19-24-92-5)57(82)76-52(36-94-34-42)64(89)78-21-12-14-53(78)62(87)73-48/h15-18,26-28,31-32,37-39,46-53,55,79H,6-14,19-25,29-30,33-36,65H2,1-5H3,(H2,66,81)(H,67,68)(H,70,80)(H,71,85)(H,72,84)(H,73,87)(H,74,88)(H,75,86)(H,76,82)(H,77,83)/b69-32+/t46-,47-,48-,49-,50-,51-,52-,53-,55-/m0/s1. The van der Waals surface area contributed by atoms with Crippen molar-refractivity contribution in [3.63, 3.8) is 0 Å². The van der Waals surface area contributed by atoms with Gasteiger partial charge in [0.25, 0.3) is 5.91 Å². The average molecular weight is 1360 g/mol. The highest BCUT2D eigenvalue weighted by atomic mass is 32.2. The molecule has 0 radical (unpaired) electrons. The Morgan fingerprint density at radius 2 is 1.33 bits per heavy atom. The number of aromatic hydroxyl groups is 1. The van der Waals surface area contributed by atoms with Crippen molar-refractivity contribution in [1.82, 2.24) is 57.4 Å². The minimum absolute atomic E-state index is 0.00140. The molecule has 516 valence electrons. The number of carbonyl (C=O) groups is 10. The van der Waals surface area contributed by atoms with Gasteiger partial charge in [0, 0.05) is 54.3 Å². The Balaban J connectivity index is 1.42. The Morgan fingerprint density at radius 3 is 2.00 bits per heavy atom. The summed E-state index contributed by atoms with van der Waals surface area (Å²) in [4.78, 5) is 158. The molecule has 2 aromatic carbocycles. The van der Waals surface area contributed by atoms with Crippen molar-refractivity contribution in [2.75, 3.05) is 49.8 Å². The number of hydrogen-bond donors (Lipinski definition) is 12. The lowest BCUT2D eigenvalue weighted by Crippen LogP contribution is -2.61. The summed E-state index contributed by atoms with van der Waals surface area (Å²) in [6, 6.07) is 0.419. The van der Waals surface area contributed by atoms with Gasteiger partial charge in [-0.05, 0) is 142 Å². The van der Waals surface area contributed by atoms with E-state index in [9.17, 15) is 48.3 Å². The molecule has 0 spiro atoms. The van der Waals surface area contributed by atoms with Gasteiger partial charge in [-0.25, -0.2) is 4.98 Å². The predicted octanol–water partition coefficient (Wildman–Crippen LogP) is 1.97. The Morgan fingerprint density at radius 1 is 0.702 bits per heavy atom. The number of imidazole rings is 1. The molecular weight excluding hydrogens is 1270 g/mol. The van der Waals surface area contributed by atoms with E-state index in [1.807, 2.05) is 38.3 Å². The molecule has 10 amide bonds. The molecule has 3 aliphatic rings. The second-order valence-electron chi connectivity index (χ2n) is 24.4. The number of nitrogens with zero attached hydrogens (tertiary/aromatic N) is 3. The van der Waals surface area contributed by atoms with Gasteiger partial charge in [-0.2, -0.15) is 35.3 Å². The summed E-state index contributed by atoms with van der Waals surface area (Å²) in [6.07, 6.45) is 10.2. The van der Waals surface area contributed by atoms with E-state index in [-0.39, 0.29) is 81.4 Å². The number of fused-ring (bicyclic) bond motifs is 6. The van der Waals surface area contributed by atoms with E-state index in [2.05, 4.69) is 57.7 Å². The number of rotatable bonds is 15. The van der Waals surface area contributed by atoms with E-state index in [4.69, 9.17) is 21.0 Å². The zero-order chi connectivity index (χ0) is 68.1. The third kappa shape index (κ3) is 25.0. The van der Waals surface area contributed by atoms with Crippen molar-refractivity contribution in [3.8, 4) is 11.5 Å². The normalized spacial score (nSPS) is 25.0. The first-order valence-corrected chi connectivity index (χ1v) is 35.9. The van der Waals surface area contributed by atoms with Crippen LogP contribution in [0.4, 0.5) is 0 Å². The van der Waals surface area contributed by atoms with Crippen LogP contribution >= 0.6 is 35.3 Å². The summed E-state index contributed by atoms with van der Waals surface area (Å²) in [7, 11) is 0. The molecule has 0 saturated carbocycles. The number of amides is 10. The van der Waals surface area contributed by atoms with Gasteiger partial charge >= 0.3 is 0 Å². The SMILES string of the molecule is CSCC[C@@H]1NC(=O)/C=N/OCCCCCCOc2cc3cc(c2)CSC[C@H](NC1=O)C(=O)N1CCC[C@H]1C(=O)N[C@@H](CC(C)C)C(=O)N[C@@H](Cc1ccc(O)cc1)C(=O)N[C@@H](CCCCN)C(=O)N[C@@H](C(C)C)C(=O)N[C@@H](Cc1cnc[nH]1)C(=O)N[C@H](C(N)=O)CSC3. The topological polar surface area (TPSA) is 402 Å². The van der Waals surface area contributed by atoms with Crippen LogP contribution in [0.15, 0.2) is 60.1 Å². The number of aromatic nitrogens is 2. The Labute approximate surface area is 562 Å². The molecule has 4 bridgehead atoms. The van der Waals surface area contributed by atoms with Crippen LogP contribution in [0.3, 0.4) is 0 Å². The van der Waals surface area contributed by atoms with Gasteiger partial charge in [0.05, 0.1) is 12.9 Å². The maximum absolute atomic E-state index is 15.2. The van der Waals surface area contributed by atoms with Crippen LogP contribution in [-0.2, 0) is 77.1 Å². The van der Waals surface area contributed by atoms with E-state index in [1.54, 1.807) is 26.0 Å². The molecule has 1 fully saturated rings. The summed E-state index contributed by atoms with van der Waals surface area (Å²) in [5.74, 6) is -6.40. The highest BCUT2D eigenvalue weighted by Gasteiger charge is 2.41. The van der Waals surface area contributed by atoms with Crippen LogP contribution in [0.2, 0.25) is 0 Å². The molecule has 3 aromatic rings. The van der Waals surface area contributed by atoms with Crippen LogP contribution in [0.5, 0.6) is 11.5 Å². The lowest BCUT2D eigenvalue weighted by atomic mass is 9.99. The molecule has 0 aliphatic carbocycles. The van der Waals surface area contributed by atoms with Crippen molar-refractivity contribution in [2.24, 2.45) is 28.5 Å². The first-order valence-electron chi connectivity index (χ1n) is 32.2. The molecule has 1 saturated heterocycles. The Kier molecular flexibility index (Phi) is 31.6. The van der Waals surface area contributed by atoms with Gasteiger partial charge in [-0.3, -0.25) is 47.9 Å². The molecular formula is C64H94N14O13S3. The predicted molar refractivity (Wildman–Crippen MR) is 361 cm³/mol. The number of oxime groups is 1. The zero-order valence-electron chi connectivity index (χ0n) is 54.2. The molecule has 30 heteroatoms. The maximum atomic E-state index is 15.2. The summed E-state index contributed by atoms with van der Waals surface area (Å²) < 4.78 is 6.33. The van der Waals surface area contributed by atoms with Crippen molar-refractivity contribution in [2.45, 2.75) is 177 Å². The van der Waals surface area contributed by atoms with E-state index < -0.39 is 119 Å². The van der Waals surface area contributed by atoms with Crippen LogP contribution in [-0.4, -0.2) is 189 Å². The lowest BCUT2D eigenvalue weighted by molar-refractivity contribution is -0.142. The van der Waals surface area contributed by atoms with Gasteiger partial charge in [-0.1, -0.05) is 51.0 Å². The smallest absolute Gasteiger partial charge is 0.266 e. The van der Waals surface area contributed by atoms with Crippen LogP contribution in [0.25, 0.3) is 0 Å². The first-order chi connectivity index (χ1) is 45.1. The third-order valence-corrected chi connectivity index (χ3v) is 18.8. The number of nitrogens with two attached hydrogens (primary N) is 2. The number of nitrogens with one attached hydrogen (secondary N) is 9. The molecule has 14 N–H and O–H groups in total. The van der Waals surface area contributed by atoms with Gasteiger partial charge in [0.15, 0.2) is 0 Å². The summed E-state index contributed by atoms with van der Waals surface area (Å²) in [5, 5.41) is 36.5. The number of thioether (sulfide) groups is 3. The number of primary amides is 1. The monoisotopic (exact) mass is 1360 g/mol. The number of phenols is 1. The molecule has 27 nitrogen and oxygen atoms in total. The maximum Gasteiger partial charge on any atom is 0.266 e. The zero-order valence-corrected chi connectivity index (χ0v) is 56.7. The van der Waals surface area contributed by atoms with Crippen molar-refractivity contribution in [1.29, 1.82) is 0 Å². The fourth-order valence-electron chi connectivity index (χ4n) is 10.9. The fourth-order valence-corrected chi connectivity index (χ4v) is 13.3. The molecule has 94 heavy (non-hydrogen) atoms. The van der Waals surface area contributed by atoms with Gasteiger partial charge in [0.2, 0.25) is 53.2 Å². The highest BCUT2D eigenvalue weighted by Crippen LogP contribution is 2.27. The van der Waals surface area contributed by atoms with E-state index in [0.717, 1.165) is 30.2 Å². The van der Waals surface area contributed by atoms with Crippen molar-refractivity contribution < 1.29 is 62.6 Å². The van der Waals surface area contributed by atoms with Gasteiger partial charge in [-0.15, -0.1) is 0 Å². The first kappa shape index (κ1) is 75.5. The number of benzene rings is 2. The quantitative estimate of drug-likeness (QED) is 0.0968. The molecule has 1 aromatic heterocycles. The minimum Gasteiger partial charge on any atom is -0.508 e. The van der Waals surface area contributed by atoms with E-state index in [1.165, 1.54) is 64.8 Å². The largest absolute Gasteiger partial charge is 0.508 e. The van der Waals surface area contributed by atoms with Crippen LogP contribution < -0.4 is 58.7 Å². The number of hydrogen-bond acceptors (Lipinski definition) is 19. The van der Waals surface area contributed by atoms with Gasteiger partial charge in [0.1, 0.15) is 78.7 Å². The van der Waals surface area contributed by atoms with Crippen molar-refractivity contribution in [3.05, 3.63) is 77.4 Å². The molecule has 9 atom stereocenters. The number of carbonyl (C=O) groups excluding carboxylic acids is 10. The summed E-state index contributed by atoms with van der Waals surface area (Å²) in [5.41, 5.74) is 14.4. The number of unbranched alkanes of at least 4 members (excludes halogenated alkanes) is 1. The number of phenolic OH excluding ortho intramolecular Hbond substituents is 1. The molecule has 4 heterocycles. The van der Waals surface area contributed by atoms with E-state index >= 15 is 4.79 Å². The summed E-state index contributed by atoms with van der Waals surface area (Å²) in [6.45, 7) is 8.08. The summed E-state index contributed by atoms with van der Waals surface area (Å²) >= 11 is 4.10. The Hall–Kier alpha value is -7.57. The average Bonchev–Trinajstić information content (AvgIpc) is 1.60. The van der Waals surface area contributed by atoms with Crippen LogP contribution in [0, 0.1) is 11.8 Å². The second-order valence-corrected chi connectivity index (χ2v) is 27.5. The van der Waals surface area contributed by atoms with E-state index in [0.29, 0.717) is 73.0 Å². The minimum atomic E-state index is -1.40. The second kappa shape index (κ2) is 39.3. The number of aromatic amines is 1. The molecule has 0 unspecified atom stereocenters. The number of ether oxygens (including phenoxy) is 1. The lowest BCUT2D eigenvalue weighted by Gasteiger charge is -2.31.